The van der Waals surface area contributed by atoms with E-state index in [2.05, 4.69) is 0 Å². The molecule has 4 nitrogen and oxygen atoms in total. The van der Waals surface area contributed by atoms with E-state index >= 15 is 0 Å². The summed E-state index contributed by atoms with van der Waals surface area (Å²) in [6, 6.07) is 14.1. The van der Waals surface area contributed by atoms with Gasteiger partial charge >= 0.3 is 0 Å². The molecular weight excluding hydrogens is 250 g/mol. The second-order valence-electron chi connectivity index (χ2n) is 4.01. The van der Waals surface area contributed by atoms with Crippen LogP contribution < -0.4 is 5.14 Å². The molecule has 0 unspecified atom stereocenters. The van der Waals surface area contributed by atoms with Gasteiger partial charge in [0.25, 0.3) is 0 Å². The van der Waals surface area contributed by atoms with Gasteiger partial charge in [-0.15, -0.1) is 0 Å². The van der Waals surface area contributed by atoms with Gasteiger partial charge in [0.1, 0.15) is 10.6 Å². The molecule has 0 aromatic heterocycles. The van der Waals surface area contributed by atoms with Crippen LogP contribution in [0.5, 0.6) is 5.75 Å². The highest BCUT2D eigenvalue weighted by Gasteiger charge is 2.14. The maximum absolute atomic E-state index is 11.3. The molecule has 0 spiro atoms. The summed E-state index contributed by atoms with van der Waals surface area (Å²) in [5, 5.41) is 14.5. The van der Waals surface area contributed by atoms with Gasteiger partial charge in [-0.1, -0.05) is 36.4 Å². The van der Waals surface area contributed by atoms with Crippen molar-refractivity contribution in [1.29, 1.82) is 0 Å². The number of hydrogen-bond acceptors (Lipinski definition) is 3. The first-order valence-electron chi connectivity index (χ1n) is 5.35. The lowest BCUT2D eigenvalue weighted by atomic mass is 10.1. The highest BCUT2D eigenvalue weighted by molar-refractivity contribution is 7.89. The number of phenolic OH excluding ortho intramolecular Hbond substituents is 1. The Morgan fingerprint density at radius 1 is 1.00 bits per heavy atom. The zero-order valence-corrected chi connectivity index (χ0v) is 10.4. The Morgan fingerprint density at radius 2 is 1.67 bits per heavy atom. The van der Waals surface area contributed by atoms with Crippen molar-refractivity contribution < 1.29 is 13.5 Å². The van der Waals surface area contributed by atoms with E-state index in [-0.39, 0.29) is 10.6 Å². The average molecular weight is 263 g/mol. The fourth-order valence-corrected chi connectivity index (χ4v) is 2.40. The van der Waals surface area contributed by atoms with Crippen LogP contribution in [0, 0.1) is 0 Å². The van der Waals surface area contributed by atoms with Crippen LogP contribution in [0.3, 0.4) is 0 Å². The van der Waals surface area contributed by atoms with Crippen LogP contribution in [0.1, 0.15) is 11.1 Å². The highest BCUT2D eigenvalue weighted by Crippen LogP contribution is 2.23. The second kappa shape index (κ2) is 4.80. The van der Waals surface area contributed by atoms with E-state index in [9.17, 15) is 13.5 Å². The molecule has 94 valence electrons. The van der Waals surface area contributed by atoms with Crippen LogP contribution in [0.25, 0.3) is 0 Å². The van der Waals surface area contributed by atoms with Gasteiger partial charge in [-0.25, -0.2) is 13.6 Å². The summed E-state index contributed by atoms with van der Waals surface area (Å²) >= 11 is 0. The van der Waals surface area contributed by atoms with Gasteiger partial charge in [0.2, 0.25) is 10.0 Å². The van der Waals surface area contributed by atoms with E-state index in [1.807, 2.05) is 30.3 Å². The average Bonchev–Trinajstić information content (AvgIpc) is 2.31. The quantitative estimate of drug-likeness (QED) is 0.883. The fraction of sp³-hybridized carbons (Fsp3) is 0.0769. The number of benzene rings is 2. The lowest BCUT2D eigenvalue weighted by molar-refractivity contribution is 0.458. The molecule has 18 heavy (non-hydrogen) atoms. The van der Waals surface area contributed by atoms with Gasteiger partial charge in [-0.05, 0) is 29.7 Å². The second-order valence-corrected chi connectivity index (χ2v) is 5.54. The first kappa shape index (κ1) is 12.6. The van der Waals surface area contributed by atoms with Crippen molar-refractivity contribution in [2.24, 2.45) is 5.14 Å². The maximum atomic E-state index is 11.3. The van der Waals surface area contributed by atoms with Gasteiger partial charge in [-0.2, -0.15) is 0 Å². The van der Waals surface area contributed by atoms with Crippen LogP contribution in [0.4, 0.5) is 0 Å². The summed E-state index contributed by atoms with van der Waals surface area (Å²) in [5.41, 5.74) is 1.84. The minimum atomic E-state index is -3.90. The van der Waals surface area contributed by atoms with Crippen molar-refractivity contribution in [2.75, 3.05) is 0 Å². The SMILES string of the molecule is NS(=O)(=O)c1cc(Cc2ccccc2)ccc1O. The van der Waals surface area contributed by atoms with E-state index in [0.717, 1.165) is 11.1 Å². The van der Waals surface area contributed by atoms with Crippen molar-refractivity contribution in [3.8, 4) is 5.75 Å². The molecule has 2 aromatic carbocycles. The highest BCUT2D eigenvalue weighted by atomic mass is 32.2. The summed E-state index contributed by atoms with van der Waals surface area (Å²) in [4.78, 5) is -0.240. The lowest BCUT2D eigenvalue weighted by Gasteiger charge is -2.06. The molecule has 0 saturated heterocycles. The zero-order chi connectivity index (χ0) is 13.2. The Hall–Kier alpha value is -1.85. The predicted octanol–water partition coefficient (Wildman–Crippen LogP) is 1.63. The first-order chi connectivity index (χ1) is 8.47. The molecule has 0 saturated carbocycles. The Labute approximate surface area is 106 Å². The molecule has 0 aliphatic heterocycles. The monoisotopic (exact) mass is 263 g/mol. The number of primary sulfonamides is 1. The molecule has 5 heteroatoms. The Kier molecular flexibility index (Phi) is 3.36. The minimum Gasteiger partial charge on any atom is -0.507 e. The molecule has 0 fully saturated rings. The standard InChI is InChI=1S/C13H13NO3S/c14-18(16,17)13-9-11(6-7-12(13)15)8-10-4-2-1-3-5-10/h1-7,9,15H,8H2,(H2,14,16,17). The molecule has 0 aliphatic rings. The molecule has 0 radical (unpaired) electrons. The maximum Gasteiger partial charge on any atom is 0.241 e. The third-order valence-electron chi connectivity index (χ3n) is 2.58. The summed E-state index contributed by atoms with van der Waals surface area (Å²) in [6.07, 6.45) is 0.587. The number of phenols is 1. The Balaban J connectivity index is 2.37. The van der Waals surface area contributed by atoms with Gasteiger partial charge < -0.3 is 5.11 Å². The van der Waals surface area contributed by atoms with Crippen LogP contribution in [-0.2, 0) is 16.4 Å². The number of aromatic hydroxyl groups is 1. The summed E-state index contributed by atoms with van der Waals surface area (Å²) in [6.45, 7) is 0. The van der Waals surface area contributed by atoms with Crippen molar-refractivity contribution in [3.05, 3.63) is 59.7 Å². The third-order valence-corrected chi connectivity index (χ3v) is 3.52. The van der Waals surface area contributed by atoms with E-state index < -0.39 is 10.0 Å². The summed E-state index contributed by atoms with van der Waals surface area (Å²) in [7, 11) is -3.90. The smallest absolute Gasteiger partial charge is 0.241 e. The van der Waals surface area contributed by atoms with Crippen LogP contribution in [0.15, 0.2) is 53.4 Å². The van der Waals surface area contributed by atoms with Crippen LogP contribution in [0.2, 0.25) is 0 Å². The van der Waals surface area contributed by atoms with Gasteiger partial charge in [0.05, 0.1) is 0 Å². The minimum absolute atomic E-state index is 0.240. The number of nitrogens with two attached hydrogens (primary N) is 1. The van der Waals surface area contributed by atoms with Crippen LogP contribution in [-0.4, -0.2) is 13.5 Å². The molecule has 2 aromatic rings. The van der Waals surface area contributed by atoms with Crippen molar-refractivity contribution >= 4 is 10.0 Å². The topological polar surface area (TPSA) is 80.4 Å². The van der Waals surface area contributed by atoms with E-state index in [0.29, 0.717) is 6.42 Å². The zero-order valence-electron chi connectivity index (χ0n) is 9.58. The summed E-state index contributed by atoms with van der Waals surface area (Å²) in [5.74, 6) is -0.325. The molecule has 0 amide bonds. The molecule has 2 rings (SSSR count). The number of sulfonamides is 1. The van der Waals surface area contributed by atoms with E-state index in [1.54, 1.807) is 6.07 Å². The molecule has 0 aliphatic carbocycles. The van der Waals surface area contributed by atoms with E-state index in [4.69, 9.17) is 5.14 Å². The normalized spacial score (nSPS) is 11.4. The molecule has 0 heterocycles. The molecule has 0 bridgehead atoms. The Morgan fingerprint density at radius 3 is 2.28 bits per heavy atom. The van der Waals surface area contributed by atoms with E-state index in [1.165, 1.54) is 12.1 Å². The molecule has 0 atom stereocenters. The summed E-state index contributed by atoms with van der Waals surface area (Å²) < 4.78 is 22.6. The first-order valence-corrected chi connectivity index (χ1v) is 6.90. The van der Waals surface area contributed by atoms with Crippen molar-refractivity contribution in [1.82, 2.24) is 0 Å². The predicted molar refractivity (Wildman–Crippen MR) is 68.7 cm³/mol. The molecule has 3 N–H and O–H groups in total. The fourth-order valence-electron chi connectivity index (χ4n) is 1.73. The van der Waals surface area contributed by atoms with Crippen LogP contribution >= 0.6 is 0 Å². The largest absolute Gasteiger partial charge is 0.507 e. The number of hydrogen-bond donors (Lipinski definition) is 2. The number of rotatable bonds is 3. The van der Waals surface area contributed by atoms with Gasteiger partial charge in [0, 0.05) is 0 Å². The van der Waals surface area contributed by atoms with Crippen molar-refractivity contribution in [2.45, 2.75) is 11.3 Å². The lowest BCUT2D eigenvalue weighted by Crippen LogP contribution is -2.12. The van der Waals surface area contributed by atoms with Gasteiger partial charge in [0.15, 0.2) is 0 Å². The van der Waals surface area contributed by atoms with Crippen molar-refractivity contribution in [3.63, 3.8) is 0 Å². The van der Waals surface area contributed by atoms with Gasteiger partial charge in [-0.3, -0.25) is 0 Å². The Bertz CT molecular complexity index is 651. The molecular formula is C13H13NO3S. The third kappa shape index (κ3) is 2.88.